The molecule has 3 rings (SSSR count). The zero-order valence-electron chi connectivity index (χ0n) is 13.9. The standard InChI is InChI=1S/C19H19FN2O3/c1-14(13-15-5-2-3-6-16(15)20)18(23)21-8-10-22(11-9-21)19(24)17-7-4-12-25-17/h2-7,12-13H,8-11H2,1H3/b14-13+. The van der Waals surface area contributed by atoms with Gasteiger partial charge in [-0.05, 0) is 31.2 Å². The number of hydrogen-bond acceptors (Lipinski definition) is 3. The van der Waals surface area contributed by atoms with E-state index in [1.165, 1.54) is 12.3 Å². The highest BCUT2D eigenvalue weighted by molar-refractivity contribution is 5.97. The third-order valence-electron chi connectivity index (χ3n) is 4.20. The van der Waals surface area contributed by atoms with E-state index in [4.69, 9.17) is 4.42 Å². The van der Waals surface area contributed by atoms with Crippen LogP contribution >= 0.6 is 0 Å². The number of halogens is 1. The zero-order valence-corrected chi connectivity index (χ0v) is 13.9. The van der Waals surface area contributed by atoms with Gasteiger partial charge in [0.05, 0.1) is 6.26 Å². The van der Waals surface area contributed by atoms with E-state index in [1.807, 2.05) is 0 Å². The van der Waals surface area contributed by atoms with Crippen molar-refractivity contribution < 1.29 is 18.4 Å². The second-order valence-electron chi connectivity index (χ2n) is 5.91. The second-order valence-corrected chi connectivity index (χ2v) is 5.91. The van der Waals surface area contributed by atoms with Crippen LogP contribution in [0.5, 0.6) is 0 Å². The lowest BCUT2D eigenvalue weighted by Gasteiger charge is -2.34. The minimum absolute atomic E-state index is 0.145. The monoisotopic (exact) mass is 342 g/mol. The highest BCUT2D eigenvalue weighted by Crippen LogP contribution is 2.15. The lowest BCUT2D eigenvalue weighted by atomic mass is 10.1. The summed E-state index contributed by atoms with van der Waals surface area (Å²) in [4.78, 5) is 28.1. The SMILES string of the molecule is C/C(=C\c1ccccc1F)C(=O)N1CCN(C(=O)c2ccco2)CC1. The van der Waals surface area contributed by atoms with Crippen molar-refractivity contribution in [2.45, 2.75) is 6.92 Å². The minimum atomic E-state index is -0.358. The summed E-state index contributed by atoms with van der Waals surface area (Å²) in [5, 5.41) is 0. The van der Waals surface area contributed by atoms with Gasteiger partial charge in [-0.1, -0.05) is 18.2 Å². The van der Waals surface area contributed by atoms with Crippen molar-refractivity contribution in [3.8, 4) is 0 Å². The molecule has 2 aromatic rings. The largest absolute Gasteiger partial charge is 0.459 e. The maximum atomic E-state index is 13.7. The average molecular weight is 342 g/mol. The molecule has 0 saturated carbocycles. The fourth-order valence-corrected chi connectivity index (χ4v) is 2.81. The number of nitrogens with zero attached hydrogens (tertiary/aromatic N) is 2. The Balaban J connectivity index is 1.61. The molecule has 6 heteroatoms. The number of carbonyl (C=O) groups is 2. The van der Waals surface area contributed by atoms with E-state index in [-0.39, 0.29) is 17.6 Å². The van der Waals surface area contributed by atoms with E-state index < -0.39 is 0 Å². The maximum absolute atomic E-state index is 13.7. The molecule has 2 amide bonds. The van der Waals surface area contributed by atoms with Gasteiger partial charge in [-0.2, -0.15) is 0 Å². The summed E-state index contributed by atoms with van der Waals surface area (Å²) >= 11 is 0. The molecule has 0 unspecified atom stereocenters. The summed E-state index contributed by atoms with van der Waals surface area (Å²) in [7, 11) is 0. The molecule has 0 N–H and O–H groups in total. The lowest BCUT2D eigenvalue weighted by Crippen LogP contribution is -2.50. The van der Waals surface area contributed by atoms with Crippen molar-refractivity contribution in [1.29, 1.82) is 0 Å². The number of furan rings is 1. The van der Waals surface area contributed by atoms with Crippen LogP contribution in [0.1, 0.15) is 23.0 Å². The van der Waals surface area contributed by atoms with Gasteiger partial charge in [0, 0.05) is 37.3 Å². The van der Waals surface area contributed by atoms with E-state index >= 15 is 0 Å². The van der Waals surface area contributed by atoms with Crippen LogP contribution in [0.4, 0.5) is 4.39 Å². The Bertz CT molecular complexity index is 791. The molecule has 130 valence electrons. The van der Waals surface area contributed by atoms with Crippen LogP contribution in [0.3, 0.4) is 0 Å². The van der Waals surface area contributed by atoms with Crippen LogP contribution in [-0.2, 0) is 4.79 Å². The third-order valence-corrected chi connectivity index (χ3v) is 4.20. The Kier molecular flexibility index (Phi) is 4.97. The molecule has 0 aliphatic carbocycles. The highest BCUT2D eigenvalue weighted by atomic mass is 19.1. The van der Waals surface area contributed by atoms with Crippen LogP contribution in [0.25, 0.3) is 6.08 Å². The van der Waals surface area contributed by atoms with Crippen LogP contribution < -0.4 is 0 Å². The second kappa shape index (κ2) is 7.34. The number of piperazine rings is 1. The Labute approximate surface area is 145 Å². The number of benzene rings is 1. The van der Waals surface area contributed by atoms with Gasteiger partial charge in [0.15, 0.2) is 5.76 Å². The molecular formula is C19H19FN2O3. The van der Waals surface area contributed by atoms with Crippen molar-refractivity contribution in [3.05, 3.63) is 65.4 Å². The molecule has 0 atom stereocenters. The van der Waals surface area contributed by atoms with E-state index in [1.54, 1.807) is 53.1 Å². The number of amides is 2. The third kappa shape index (κ3) is 3.79. The first-order chi connectivity index (χ1) is 12.1. The summed E-state index contributed by atoms with van der Waals surface area (Å²) in [6, 6.07) is 9.63. The van der Waals surface area contributed by atoms with Crippen molar-refractivity contribution in [1.82, 2.24) is 9.80 Å². The molecule has 1 aliphatic heterocycles. The molecular weight excluding hydrogens is 323 g/mol. The first-order valence-corrected chi connectivity index (χ1v) is 8.11. The van der Waals surface area contributed by atoms with Gasteiger partial charge in [0.25, 0.3) is 5.91 Å². The summed E-state index contributed by atoms with van der Waals surface area (Å²) < 4.78 is 18.8. The van der Waals surface area contributed by atoms with E-state index in [0.717, 1.165) is 0 Å². The van der Waals surface area contributed by atoms with Gasteiger partial charge in [0.1, 0.15) is 5.82 Å². The molecule has 2 heterocycles. The van der Waals surface area contributed by atoms with Crippen molar-refractivity contribution in [2.24, 2.45) is 0 Å². The Hall–Kier alpha value is -2.89. The first kappa shape index (κ1) is 17.0. The minimum Gasteiger partial charge on any atom is -0.459 e. The molecule has 0 radical (unpaired) electrons. The molecule has 1 aliphatic rings. The highest BCUT2D eigenvalue weighted by Gasteiger charge is 2.26. The van der Waals surface area contributed by atoms with Gasteiger partial charge < -0.3 is 14.2 Å². The van der Waals surface area contributed by atoms with Crippen LogP contribution in [0.15, 0.2) is 52.7 Å². The number of rotatable bonds is 3. The zero-order chi connectivity index (χ0) is 17.8. The fourth-order valence-electron chi connectivity index (χ4n) is 2.81. The summed E-state index contributed by atoms with van der Waals surface area (Å²) in [6.07, 6.45) is 3.02. The van der Waals surface area contributed by atoms with Crippen molar-refractivity contribution in [2.75, 3.05) is 26.2 Å². The van der Waals surface area contributed by atoms with E-state index in [9.17, 15) is 14.0 Å². The quantitative estimate of drug-likeness (QED) is 0.806. The summed E-state index contributed by atoms with van der Waals surface area (Å²) in [5.74, 6) is -0.372. The normalized spacial score (nSPS) is 15.4. The number of hydrogen-bond donors (Lipinski definition) is 0. The average Bonchev–Trinajstić information content (AvgIpc) is 3.17. The molecule has 1 fully saturated rings. The van der Waals surface area contributed by atoms with Crippen LogP contribution in [0, 0.1) is 5.82 Å². The van der Waals surface area contributed by atoms with Crippen molar-refractivity contribution in [3.63, 3.8) is 0 Å². The summed E-state index contributed by atoms with van der Waals surface area (Å²) in [5.41, 5.74) is 0.857. The molecule has 0 spiro atoms. The topological polar surface area (TPSA) is 53.8 Å². The van der Waals surface area contributed by atoms with Crippen molar-refractivity contribution >= 4 is 17.9 Å². The molecule has 1 aromatic carbocycles. The maximum Gasteiger partial charge on any atom is 0.289 e. The Morgan fingerprint density at radius 3 is 2.36 bits per heavy atom. The lowest BCUT2D eigenvalue weighted by molar-refractivity contribution is -0.128. The fraction of sp³-hybridized carbons (Fsp3) is 0.263. The Morgan fingerprint density at radius 2 is 1.72 bits per heavy atom. The predicted molar refractivity (Wildman–Crippen MR) is 91.2 cm³/mol. The predicted octanol–water partition coefficient (Wildman–Crippen LogP) is 2.81. The van der Waals surface area contributed by atoms with E-state index in [0.29, 0.717) is 43.1 Å². The first-order valence-electron chi connectivity index (χ1n) is 8.11. The Morgan fingerprint density at radius 1 is 1.04 bits per heavy atom. The molecule has 1 saturated heterocycles. The van der Waals surface area contributed by atoms with Gasteiger partial charge in [-0.3, -0.25) is 9.59 Å². The van der Waals surface area contributed by atoms with Gasteiger partial charge in [-0.25, -0.2) is 4.39 Å². The molecule has 25 heavy (non-hydrogen) atoms. The van der Waals surface area contributed by atoms with Crippen LogP contribution in [0.2, 0.25) is 0 Å². The molecule has 0 bridgehead atoms. The molecule has 5 nitrogen and oxygen atoms in total. The van der Waals surface area contributed by atoms with Gasteiger partial charge in [0.2, 0.25) is 5.91 Å². The van der Waals surface area contributed by atoms with Gasteiger partial charge >= 0.3 is 0 Å². The summed E-state index contributed by atoms with van der Waals surface area (Å²) in [6.45, 7) is 3.44. The van der Waals surface area contributed by atoms with E-state index in [2.05, 4.69) is 0 Å². The number of carbonyl (C=O) groups excluding carboxylic acids is 2. The van der Waals surface area contributed by atoms with Crippen LogP contribution in [-0.4, -0.2) is 47.8 Å². The smallest absolute Gasteiger partial charge is 0.289 e. The molecule has 1 aromatic heterocycles. The van der Waals surface area contributed by atoms with Gasteiger partial charge in [-0.15, -0.1) is 0 Å².